The van der Waals surface area contributed by atoms with E-state index >= 15 is 0 Å². The molecule has 1 saturated carbocycles. The third-order valence-corrected chi connectivity index (χ3v) is 4.56. The first-order chi connectivity index (χ1) is 8.93. The van der Waals surface area contributed by atoms with Crippen LogP contribution in [0.1, 0.15) is 74.1 Å². The van der Waals surface area contributed by atoms with E-state index in [0.29, 0.717) is 0 Å². The minimum Gasteiger partial charge on any atom is -0.462 e. The van der Waals surface area contributed by atoms with E-state index in [-0.39, 0.29) is 23.2 Å². The van der Waals surface area contributed by atoms with Gasteiger partial charge in [0.15, 0.2) is 0 Å². The van der Waals surface area contributed by atoms with Crippen molar-refractivity contribution in [2.75, 3.05) is 0 Å². The summed E-state index contributed by atoms with van der Waals surface area (Å²) in [6.07, 6.45) is 4.56. The van der Waals surface area contributed by atoms with Gasteiger partial charge in [-0.25, -0.2) is 0 Å². The van der Waals surface area contributed by atoms with Gasteiger partial charge in [0.1, 0.15) is 6.10 Å². The van der Waals surface area contributed by atoms with Crippen LogP contribution in [-0.4, -0.2) is 34.1 Å². The van der Waals surface area contributed by atoms with Gasteiger partial charge in [0, 0.05) is 30.0 Å². The van der Waals surface area contributed by atoms with E-state index in [4.69, 9.17) is 4.74 Å². The number of carbonyl (C=O) groups excluding carboxylic acids is 1. The lowest BCUT2D eigenvalue weighted by Crippen LogP contribution is -2.63. The van der Waals surface area contributed by atoms with Crippen LogP contribution in [-0.2, 0) is 9.53 Å². The van der Waals surface area contributed by atoms with Crippen molar-refractivity contribution in [3.8, 4) is 0 Å². The molecule has 2 aliphatic rings. The Balaban J connectivity index is 2.10. The van der Waals surface area contributed by atoms with Crippen LogP contribution >= 0.6 is 0 Å². The van der Waals surface area contributed by atoms with Gasteiger partial charge in [0.25, 0.3) is 0 Å². The van der Waals surface area contributed by atoms with Crippen molar-refractivity contribution in [3.63, 3.8) is 0 Å². The van der Waals surface area contributed by atoms with Crippen LogP contribution < -0.4 is 0 Å². The molecule has 0 spiro atoms. The van der Waals surface area contributed by atoms with Gasteiger partial charge >= 0.3 is 5.97 Å². The number of nitrogens with zero attached hydrogens (tertiary/aromatic N) is 1. The van der Waals surface area contributed by atoms with Gasteiger partial charge in [0.05, 0.1) is 5.41 Å². The van der Waals surface area contributed by atoms with E-state index < -0.39 is 5.41 Å². The zero-order valence-electron chi connectivity index (χ0n) is 14.2. The first-order valence-electron chi connectivity index (χ1n) is 7.94. The molecule has 0 bridgehead atoms. The van der Waals surface area contributed by atoms with Gasteiger partial charge in [0.2, 0.25) is 0 Å². The summed E-state index contributed by atoms with van der Waals surface area (Å²) in [5.41, 5.74) is -0.209. The van der Waals surface area contributed by atoms with E-state index in [0.717, 1.165) is 18.9 Å². The topological polar surface area (TPSA) is 29.5 Å². The minimum atomic E-state index is -0.415. The van der Waals surface area contributed by atoms with Gasteiger partial charge in [-0.2, -0.15) is 0 Å². The molecule has 0 atom stereocenters. The zero-order chi connectivity index (χ0) is 15.3. The fraction of sp³-hybridized carbons (Fsp3) is 0.941. The van der Waals surface area contributed by atoms with Crippen molar-refractivity contribution in [1.82, 2.24) is 4.90 Å². The van der Waals surface area contributed by atoms with Gasteiger partial charge in [-0.3, -0.25) is 9.69 Å². The summed E-state index contributed by atoms with van der Waals surface area (Å²) in [5, 5.41) is 0. The van der Waals surface area contributed by atoms with E-state index in [9.17, 15) is 4.79 Å². The average molecular weight is 281 g/mol. The molecule has 0 aromatic carbocycles. The Bertz CT molecular complexity index is 370. The van der Waals surface area contributed by atoms with Gasteiger partial charge < -0.3 is 4.74 Å². The molecule has 0 aromatic rings. The Morgan fingerprint density at radius 2 is 1.50 bits per heavy atom. The Kier molecular flexibility index (Phi) is 3.73. The largest absolute Gasteiger partial charge is 0.462 e. The lowest BCUT2D eigenvalue weighted by atomic mass is 9.77. The summed E-state index contributed by atoms with van der Waals surface area (Å²) < 4.78 is 5.81. The standard InChI is InChI=1S/C17H31NO2/c1-15(2,3)14(19)20-13-10-16(4,5)18(12-8-9-12)17(6,7)11-13/h12-13H,8-11H2,1-7H3. The molecule has 0 N–H and O–H groups in total. The SMILES string of the molecule is CC(C)(C)C(=O)OC1CC(C)(C)N(C2CC2)C(C)(C)C1. The zero-order valence-corrected chi connectivity index (χ0v) is 14.2. The Morgan fingerprint density at radius 1 is 1.05 bits per heavy atom. The predicted octanol–water partition coefficient (Wildman–Crippen LogP) is 3.76. The first kappa shape index (κ1) is 15.8. The number of rotatable bonds is 2. The maximum absolute atomic E-state index is 12.1. The highest BCUT2D eigenvalue weighted by Crippen LogP contribution is 2.46. The summed E-state index contributed by atoms with van der Waals surface area (Å²) in [6, 6.07) is 0.735. The number of carbonyl (C=O) groups is 1. The van der Waals surface area contributed by atoms with E-state index in [1.54, 1.807) is 0 Å². The Hall–Kier alpha value is -0.570. The molecule has 1 aliphatic carbocycles. The van der Waals surface area contributed by atoms with Crippen LogP contribution in [0.5, 0.6) is 0 Å². The van der Waals surface area contributed by atoms with E-state index in [1.807, 2.05) is 20.8 Å². The monoisotopic (exact) mass is 281 g/mol. The smallest absolute Gasteiger partial charge is 0.311 e. The van der Waals surface area contributed by atoms with Crippen LogP contribution in [0, 0.1) is 5.41 Å². The highest BCUT2D eigenvalue weighted by molar-refractivity contribution is 5.75. The van der Waals surface area contributed by atoms with Crippen molar-refractivity contribution < 1.29 is 9.53 Å². The van der Waals surface area contributed by atoms with E-state index in [2.05, 4.69) is 32.6 Å². The molecule has 2 fully saturated rings. The summed E-state index contributed by atoms with van der Waals surface area (Å²) in [7, 11) is 0. The van der Waals surface area contributed by atoms with Crippen LogP contribution in [0.3, 0.4) is 0 Å². The molecule has 1 heterocycles. The van der Waals surface area contributed by atoms with Crippen molar-refractivity contribution in [1.29, 1.82) is 0 Å². The number of esters is 1. The quantitative estimate of drug-likeness (QED) is 0.722. The molecule has 3 heteroatoms. The molecule has 116 valence electrons. The highest BCUT2D eigenvalue weighted by atomic mass is 16.5. The van der Waals surface area contributed by atoms with Gasteiger partial charge in [-0.05, 0) is 61.3 Å². The minimum absolute atomic E-state index is 0.0433. The Labute approximate surface area is 124 Å². The number of likely N-dealkylation sites (tertiary alicyclic amines) is 1. The molecule has 0 amide bonds. The van der Waals surface area contributed by atoms with Gasteiger partial charge in [-0.1, -0.05) is 0 Å². The fourth-order valence-corrected chi connectivity index (χ4v) is 3.94. The predicted molar refractivity (Wildman–Crippen MR) is 81.6 cm³/mol. The molecular formula is C17H31NO2. The average Bonchev–Trinajstić information content (AvgIpc) is 2.95. The summed E-state index contributed by atoms with van der Waals surface area (Å²) >= 11 is 0. The number of ether oxygens (including phenoxy) is 1. The lowest BCUT2D eigenvalue weighted by Gasteiger charge is -2.55. The molecule has 3 nitrogen and oxygen atoms in total. The lowest BCUT2D eigenvalue weighted by molar-refractivity contribution is -0.170. The van der Waals surface area contributed by atoms with E-state index in [1.165, 1.54) is 12.8 Å². The van der Waals surface area contributed by atoms with Crippen molar-refractivity contribution in [3.05, 3.63) is 0 Å². The maximum Gasteiger partial charge on any atom is 0.311 e. The number of piperidine rings is 1. The molecule has 0 unspecified atom stereocenters. The van der Waals surface area contributed by atoms with Gasteiger partial charge in [-0.15, -0.1) is 0 Å². The highest BCUT2D eigenvalue weighted by Gasteiger charge is 2.52. The maximum atomic E-state index is 12.1. The Morgan fingerprint density at radius 3 is 1.85 bits per heavy atom. The summed E-state index contributed by atoms with van der Waals surface area (Å²) in [5.74, 6) is -0.0750. The summed E-state index contributed by atoms with van der Waals surface area (Å²) in [6.45, 7) is 14.9. The third kappa shape index (κ3) is 3.19. The number of hydrogen-bond acceptors (Lipinski definition) is 3. The molecule has 0 radical (unpaired) electrons. The second-order valence-corrected chi connectivity index (χ2v) is 8.91. The fourth-order valence-electron chi connectivity index (χ4n) is 3.94. The molecule has 2 rings (SSSR count). The van der Waals surface area contributed by atoms with Crippen molar-refractivity contribution >= 4 is 5.97 Å². The van der Waals surface area contributed by atoms with Crippen molar-refractivity contribution in [2.45, 2.75) is 97.4 Å². The molecule has 1 saturated heterocycles. The van der Waals surface area contributed by atoms with Crippen molar-refractivity contribution in [2.24, 2.45) is 5.41 Å². The van der Waals surface area contributed by atoms with Crippen LogP contribution in [0.15, 0.2) is 0 Å². The molecule has 20 heavy (non-hydrogen) atoms. The molecule has 1 aliphatic heterocycles. The number of hydrogen-bond donors (Lipinski definition) is 0. The normalized spacial score (nSPS) is 27.4. The van der Waals surface area contributed by atoms with Crippen LogP contribution in [0.25, 0.3) is 0 Å². The first-order valence-corrected chi connectivity index (χ1v) is 7.94. The van der Waals surface area contributed by atoms with Crippen LogP contribution in [0.2, 0.25) is 0 Å². The summed E-state index contributed by atoms with van der Waals surface area (Å²) in [4.78, 5) is 14.8. The molecule has 0 aromatic heterocycles. The second kappa shape index (κ2) is 4.72. The third-order valence-electron chi connectivity index (χ3n) is 4.56. The second-order valence-electron chi connectivity index (χ2n) is 8.91. The van der Waals surface area contributed by atoms with Crippen LogP contribution in [0.4, 0.5) is 0 Å². The molecular weight excluding hydrogens is 250 g/mol.